The van der Waals surface area contributed by atoms with Gasteiger partial charge in [-0.15, -0.1) is 5.10 Å². The van der Waals surface area contributed by atoms with Crippen molar-refractivity contribution in [3.63, 3.8) is 0 Å². The molecule has 2 rings (SSSR count). The largest absolute Gasteiger partial charge is 0.356 e. The minimum absolute atomic E-state index is 0.685. The fourth-order valence-corrected chi connectivity index (χ4v) is 2.08. The molecule has 0 aliphatic rings. The van der Waals surface area contributed by atoms with E-state index in [4.69, 9.17) is 4.84 Å². The van der Waals surface area contributed by atoms with Crippen LogP contribution in [0, 0.1) is 6.07 Å². The third-order valence-electron chi connectivity index (χ3n) is 1.53. The predicted octanol–water partition coefficient (Wildman–Crippen LogP) is 3.05. The van der Waals surface area contributed by atoms with E-state index in [2.05, 4.69) is 43.0 Å². The predicted molar refractivity (Wildman–Crippen MR) is 58.9 cm³/mol. The van der Waals surface area contributed by atoms with E-state index >= 15 is 0 Å². The van der Waals surface area contributed by atoms with Crippen LogP contribution in [0.3, 0.4) is 0 Å². The number of hydrogen-bond donors (Lipinski definition) is 0. The van der Waals surface area contributed by atoms with Crippen molar-refractivity contribution in [3.8, 4) is 5.75 Å². The lowest BCUT2D eigenvalue weighted by Crippen LogP contribution is -2.05. The van der Waals surface area contributed by atoms with Crippen LogP contribution in [0.25, 0.3) is 0 Å². The van der Waals surface area contributed by atoms with Gasteiger partial charge in [0, 0.05) is 6.07 Å². The van der Waals surface area contributed by atoms with Crippen LogP contribution in [0.4, 0.5) is 0 Å². The smallest absolute Gasteiger partial charge is 0.186 e. The highest BCUT2D eigenvalue weighted by molar-refractivity contribution is 9.11. The van der Waals surface area contributed by atoms with Crippen molar-refractivity contribution in [3.05, 3.63) is 45.6 Å². The molecule has 14 heavy (non-hydrogen) atoms. The molecule has 0 bridgehead atoms. The normalized spacial score (nSPS) is 10.1. The minimum Gasteiger partial charge on any atom is -0.356 e. The first-order valence-corrected chi connectivity index (χ1v) is 5.39. The van der Waals surface area contributed by atoms with Crippen LogP contribution < -0.4 is 4.84 Å². The number of benzene rings is 1. The summed E-state index contributed by atoms with van der Waals surface area (Å²) in [7, 11) is 0. The summed E-state index contributed by atoms with van der Waals surface area (Å²) in [6, 6.07) is 8.49. The molecule has 0 fully saturated rings. The molecule has 1 radical (unpaired) electrons. The van der Waals surface area contributed by atoms with Crippen LogP contribution in [0.15, 0.2) is 39.5 Å². The van der Waals surface area contributed by atoms with E-state index < -0.39 is 0 Å². The molecule has 0 saturated carbocycles. The second-order valence-corrected chi connectivity index (χ2v) is 4.19. The highest BCUT2D eigenvalue weighted by Gasteiger charge is 2.06. The van der Waals surface area contributed by atoms with E-state index in [9.17, 15) is 0 Å². The zero-order valence-corrected chi connectivity index (χ0v) is 10.1. The molecule has 0 saturated heterocycles. The second-order valence-electron chi connectivity index (χ2n) is 2.48. The fraction of sp³-hybridized carbons (Fsp3) is 0. The topological polar surface area (TPSA) is 27.1 Å². The highest BCUT2D eigenvalue weighted by atomic mass is 79.9. The van der Waals surface area contributed by atoms with Crippen molar-refractivity contribution in [1.82, 2.24) is 9.94 Å². The molecule has 0 unspecified atom stereocenters. The van der Waals surface area contributed by atoms with Crippen LogP contribution in [-0.4, -0.2) is 9.94 Å². The summed E-state index contributed by atoms with van der Waals surface area (Å²) in [6.07, 6.45) is 3.14. The maximum absolute atomic E-state index is 5.46. The average Bonchev–Trinajstić information content (AvgIpc) is 2.64. The Morgan fingerprint density at radius 1 is 1.29 bits per heavy atom. The van der Waals surface area contributed by atoms with E-state index in [0.29, 0.717) is 5.75 Å². The highest BCUT2D eigenvalue weighted by Crippen LogP contribution is 2.32. The second kappa shape index (κ2) is 4.14. The zero-order chi connectivity index (χ0) is 9.97. The first-order chi connectivity index (χ1) is 6.77. The molecule has 5 heteroatoms. The molecule has 2 aromatic rings. The third-order valence-corrected chi connectivity index (χ3v) is 2.78. The molecule has 0 aliphatic heterocycles. The lowest BCUT2D eigenvalue weighted by molar-refractivity contribution is 0.176. The van der Waals surface area contributed by atoms with E-state index in [-0.39, 0.29) is 0 Å². The summed E-state index contributed by atoms with van der Waals surface area (Å²) < 4.78 is 1.73. The van der Waals surface area contributed by atoms with E-state index in [1.54, 1.807) is 6.20 Å². The van der Waals surface area contributed by atoms with Crippen molar-refractivity contribution in [1.29, 1.82) is 0 Å². The number of aromatic nitrogens is 2. The van der Waals surface area contributed by atoms with Crippen LogP contribution in [0.5, 0.6) is 5.75 Å². The van der Waals surface area contributed by atoms with Gasteiger partial charge in [0.25, 0.3) is 0 Å². The number of hydrogen-bond acceptors (Lipinski definition) is 2. The van der Waals surface area contributed by atoms with Gasteiger partial charge >= 0.3 is 0 Å². The van der Waals surface area contributed by atoms with Gasteiger partial charge in [-0.2, -0.15) is 0 Å². The minimum atomic E-state index is 0.685. The number of nitrogens with zero attached hydrogens (tertiary/aromatic N) is 2. The lowest BCUT2D eigenvalue weighted by atomic mass is 10.3. The monoisotopic (exact) mass is 315 g/mol. The van der Waals surface area contributed by atoms with Crippen LogP contribution in [0.2, 0.25) is 0 Å². The van der Waals surface area contributed by atoms with Crippen molar-refractivity contribution < 1.29 is 4.84 Å². The van der Waals surface area contributed by atoms with Crippen LogP contribution >= 0.6 is 31.9 Å². The molecule has 3 nitrogen and oxygen atoms in total. The first-order valence-electron chi connectivity index (χ1n) is 3.80. The molecule has 0 N–H and O–H groups in total. The van der Waals surface area contributed by atoms with Crippen molar-refractivity contribution in [2.24, 2.45) is 0 Å². The Bertz CT molecular complexity index is 408. The number of para-hydroxylation sites is 1. The molecular formula is C9H5Br2N2O. The van der Waals surface area contributed by atoms with Gasteiger partial charge in [-0.05, 0) is 44.0 Å². The third kappa shape index (κ3) is 1.99. The van der Waals surface area contributed by atoms with Gasteiger partial charge in [-0.25, -0.2) is 0 Å². The molecule has 0 spiro atoms. The summed E-state index contributed by atoms with van der Waals surface area (Å²) >= 11 is 6.77. The SMILES string of the molecule is Brc1cccc(Br)c1On1c[c]cn1. The molecular weight excluding hydrogens is 312 g/mol. The van der Waals surface area contributed by atoms with E-state index in [1.807, 2.05) is 18.2 Å². The summed E-state index contributed by atoms with van der Waals surface area (Å²) in [4.78, 5) is 6.80. The maximum Gasteiger partial charge on any atom is 0.186 e. The van der Waals surface area contributed by atoms with Gasteiger partial charge in [-0.1, -0.05) is 10.9 Å². The summed E-state index contributed by atoms with van der Waals surface area (Å²) in [6.45, 7) is 0. The Morgan fingerprint density at radius 3 is 2.57 bits per heavy atom. The quantitative estimate of drug-likeness (QED) is 0.851. The Labute approximate surface area is 97.9 Å². The van der Waals surface area contributed by atoms with E-state index in [0.717, 1.165) is 8.95 Å². The summed E-state index contributed by atoms with van der Waals surface area (Å²) in [5.74, 6) is 0.685. The van der Waals surface area contributed by atoms with Crippen LogP contribution in [-0.2, 0) is 0 Å². The van der Waals surface area contributed by atoms with Gasteiger partial charge in [0.05, 0.1) is 21.3 Å². The first kappa shape index (κ1) is 9.73. The Balaban J connectivity index is 2.33. The molecule has 0 atom stereocenters. The van der Waals surface area contributed by atoms with E-state index in [1.165, 1.54) is 11.0 Å². The van der Waals surface area contributed by atoms with Crippen molar-refractivity contribution >= 4 is 31.9 Å². The summed E-state index contributed by atoms with van der Waals surface area (Å²) in [5, 5.41) is 3.89. The Kier molecular flexibility index (Phi) is 2.88. The van der Waals surface area contributed by atoms with Crippen LogP contribution in [0.1, 0.15) is 0 Å². The lowest BCUT2D eigenvalue weighted by Gasteiger charge is -2.07. The fourth-order valence-electron chi connectivity index (χ4n) is 0.934. The average molecular weight is 317 g/mol. The molecule has 0 amide bonds. The number of rotatable bonds is 2. The van der Waals surface area contributed by atoms with Gasteiger partial charge in [0.1, 0.15) is 0 Å². The molecule has 71 valence electrons. The standard InChI is InChI=1S/C9H5Br2N2O/c10-7-3-1-4-8(11)9(7)14-13-6-2-5-12-13/h1,3-6H. The zero-order valence-electron chi connectivity index (χ0n) is 6.95. The molecule has 1 aromatic carbocycles. The van der Waals surface area contributed by atoms with Gasteiger partial charge < -0.3 is 4.84 Å². The molecule has 1 aromatic heterocycles. The van der Waals surface area contributed by atoms with Gasteiger partial charge in [-0.3, -0.25) is 0 Å². The van der Waals surface area contributed by atoms with Crippen molar-refractivity contribution in [2.45, 2.75) is 0 Å². The maximum atomic E-state index is 5.46. The number of halogens is 2. The van der Waals surface area contributed by atoms with Crippen molar-refractivity contribution in [2.75, 3.05) is 0 Å². The Morgan fingerprint density at radius 2 is 2.00 bits per heavy atom. The molecule has 1 heterocycles. The summed E-state index contributed by atoms with van der Waals surface area (Å²) in [5.41, 5.74) is 0. The van der Waals surface area contributed by atoms with Gasteiger partial charge in [0.15, 0.2) is 5.75 Å². The Hall–Kier alpha value is -0.810. The van der Waals surface area contributed by atoms with Gasteiger partial charge in [0.2, 0.25) is 0 Å². The molecule has 0 aliphatic carbocycles.